The molecule has 5 nitrogen and oxygen atoms in total. The Balaban J connectivity index is 1.95. The van der Waals surface area contributed by atoms with Gasteiger partial charge in [-0.3, -0.25) is 0 Å². The predicted molar refractivity (Wildman–Crippen MR) is 55.7 cm³/mol. The number of para-hydroxylation sites is 1. The second kappa shape index (κ2) is 4.76. The lowest BCUT2D eigenvalue weighted by Crippen LogP contribution is -1.98. The number of hydrogen-bond donors (Lipinski definition) is 1. The molecule has 0 amide bonds. The summed E-state index contributed by atoms with van der Waals surface area (Å²) < 4.78 is 10.2. The highest BCUT2D eigenvalue weighted by Gasteiger charge is 2.11. The lowest BCUT2D eigenvalue weighted by atomic mass is 10.3. The van der Waals surface area contributed by atoms with Gasteiger partial charge in [0.2, 0.25) is 5.82 Å². The molecule has 1 aromatic heterocycles. The minimum Gasteiger partial charge on any atom is -0.485 e. The molecule has 0 spiro atoms. The number of rotatable bonds is 4. The Kier molecular flexibility index (Phi) is 3.16. The molecule has 1 aromatic carbocycles. The third-order valence-corrected chi connectivity index (χ3v) is 1.95. The summed E-state index contributed by atoms with van der Waals surface area (Å²) in [7, 11) is 0. The number of aliphatic hydroxyl groups is 1. The third-order valence-electron chi connectivity index (χ3n) is 1.95. The monoisotopic (exact) mass is 220 g/mol. The van der Waals surface area contributed by atoms with Crippen LogP contribution >= 0.6 is 0 Å². The van der Waals surface area contributed by atoms with Gasteiger partial charge in [0, 0.05) is 0 Å². The van der Waals surface area contributed by atoms with E-state index in [4.69, 9.17) is 9.26 Å². The van der Waals surface area contributed by atoms with Gasteiger partial charge in [-0.2, -0.15) is 4.98 Å². The fourth-order valence-electron chi connectivity index (χ4n) is 1.16. The first-order chi connectivity index (χ1) is 7.75. The number of hydrogen-bond acceptors (Lipinski definition) is 5. The van der Waals surface area contributed by atoms with E-state index in [1.165, 1.54) is 0 Å². The molecule has 1 N–H and O–H groups in total. The van der Waals surface area contributed by atoms with Gasteiger partial charge in [0.25, 0.3) is 5.89 Å². The van der Waals surface area contributed by atoms with Crippen LogP contribution in [0.5, 0.6) is 5.75 Å². The fourth-order valence-corrected chi connectivity index (χ4v) is 1.16. The molecule has 0 aliphatic carbocycles. The van der Waals surface area contributed by atoms with Crippen LogP contribution in [0.15, 0.2) is 34.9 Å². The number of ether oxygens (including phenoxy) is 1. The molecule has 1 atom stereocenters. The zero-order valence-corrected chi connectivity index (χ0v) is 8.83. The van der Waals surface area contributed by atoms with Crippen molar-refractivity contribution in [3.8, 4) is 5.75 Å². The molecule has 0 bridgehead atoms. The molecule has 1 heterocycles. The second-order valence-electron chi connectivity index (χ2n) is 3.33. The largest absolute Gasteiger partial charge is 0.485 e. The summed E-state index contributed by atoms with van der Waals surface area (Å²) in [5.41, 5.74) is 0. The first kappa shape index (κ1) is 10.6. The van der Waals surface area contributed by atoms with Gasteiger partial charge in [-0.25, -0.2) is 0 Å². The Morgan fingerprint density at radius 2 is 2.12 bits per heavy atom. The van der Waals surface area contributed by atoms with Gasteiger partial charge >= 0.3 is 0 Å². The molecule has 16 heavy (non-hydrogen) atoms. The smallest absolute Gasteiger partial charge is 0.255 e. The van der Waals surface area contributed by atoms with Gasteiger partial charge in [-0.05, 0) is 19.1 Å². The molecule has 0 saturated carbocycles. The second-order valence-corrected chi connectivity index (χ2v) is 3.33. The molecule has 2 rings (SSSR count). The maximum absolute atomic E-state index is 9.19. The van der Waals surface area contributed by atoms with Crippen molar-refractivity contribution in [1.82, 2.24) is 10.1 Å². The van der Waals surface area contributed by atoms with Crippen molar-refractivity contribution < 1.29 is 14.4 Å². The predicted octanol–water partition coefficient (Wildman–Crippen LogP) is 1.70. The van der Waals surface area contributed by atoms with Gasteiger partial charge in [-0.15, -0.1) is 0 Å². The topological polar surface area (TPSA) is 68.4 Å². The minimum atomic E-state index is -0.752. The van der Waals surface area contributed by atoms with E-state index in [9.17, 15) is 5.11 Å². The highest BCUT2D eigenvalue weighted by atomic mass is 16.5. The molecule has 0 saturated heterocycles. The molecule has 2 aromatic rings. The van der Waals surface area contributed by atoms with Gasteiger partial charge in [0.15, 0.2) is 6.61 Å². The summed E-state index contributed by atoms with van der Waals surface area (Å²) in [5.74, 6) is 1.36. The van der Waals surface area contributed by atoms with Crippen molar-refractivity contribution in [2.75, 3.05) is 0 Å². The molecular weight excluding hydrogens is 208 g/mol. The third kappa shape index (κ3) is 2.58. The number of benzene rings is 1. The van der Waals surface area contributed by atoms with E-state index in [0.29, 0.717) is 5.82 Å². The van der Waals surface area contributed by atoms with E-state index in [1.807, 2.05) is 30.3 Å². The Morgan fingerprint density at radius 1 is 1.38 bits per heavy atom. The Hall–Kier alpha value is -1.88. The first-order valence-electron chi connectivity index (χ1n) is 4.94. The van der Waals surface area contributed by atoms with Crippen LogP contribution in [0.25, 0.3) is 0 Å². The summed E-state index contributed by atoms with van der Waals surface area (Å²) in [6, 6.07) is 9.36. The number of aromatic nitrogens is 2. The molecule has 0 fully saturated rings. The molecule has 0 radical (unpaired) electrons. The average molecular weight is 220 g/mol. The quantitative estimate of drug-likeness (QED) is 0.849. The molecular formula is C11H12N2O3. The Morgan fingerprint density at radius 3 is 2.75 bits per heavy atom. The summed E-state index contributed by atoms with van der Waals surface area (Å²) in [6.45, 7) is 1.79. The highest BCUT2D eigenvalue weighted by Crippen LogP contribution is 2.12. The van der Waals surface area contributed by atoms with Crippen molar-refractivity contribution in [2.24, 2.45) is 0 Å². The normalized spacial score (nSPS) is 12.4. The Bertz CT molecular complexity index is 440. The van der Waals surface area contributed by atoms with E-state index in [1.54, 1.807) is 6.92 Å². The molecule has 84 valence electrons. The van der Waals surface area contributed by atoms with Crippen LogP contribution in [0.3, 0.4) is 0 Å². The van der Waals surface area contributed by atoms with Crippen molar-refractivity contribution in [2.45, 2.75) is 19.6 Å². The zero-order chi connectivity index (χ0) is 11.4. The SMILES string of the molecule is CC(O)c1nc(COc2ccccc2)no1. The van der Waals surface area contributed by atoms with Crippen molar-refractivity contribution in [1.29, 1.82) is 0 Å². The van der Waals surface area contributed by atoms with Gasteiger partial charge in [-0.1, -0.05) is 23.4 Å². The summed E-state index contributed by atoms with van der Waals surface area (Å²) >= 11 is 0. The standard InChI is InChI=1S/C11H12N2O3/c1-8(14)11-12-10(13-16-11)7-15-9-5-3-2-4-6-9/h2-6,8,14H,7H2,1H3. The first-order valence-corrected chi connectivity index (χ1v) is 4.94. The number of aliphatic hydroxyl groups excluding tert-OH is 1. The lowest BCUT2D eigenvalue weighted by Gasteiger charge is -2.01. The van der Waals surface area contributed by atoms with Crippen molar-refractivity contribution in [3.05, 3.63) is 42.0 Å². The summed E-state index contributed by atoms with van der Waals surface area (Å²) in [6.07, 6.45) is -0.752. The van der Waals surface area contributed by atoms with Crippen LogP contribution < -0.4 is 4.74 Å². The van der Waals surface area contributed by atoms with Crippen LogP contribution in [-0.4, -0.2) is 15.2 Å². The Labute approximate surface area is 92.7 Å². The maximum atomic E-state index is 9.19. The van der Waals surface area contributed by atoms with E-state index in [0.717, 1.165) is 5.75 Å². The van der Waals surface area contributed by atoms with E-state index < -0.39 is 6.10 Å². The van der Waals surface area contributed by atoms with Crippen LogP contribution in [0, 0.1) is 0 Å². The zero-order valence-electron chi connectivity index (χ0n) is 8.83. The maximum Gasteiger partial charge on any atom is 0.255 e. The van der Waals surface area contributed by atoms with E-state index in [-0.39, 0.29) is 12.5 Å². The average Bonchev–Trinajstić information content (AvgIpc) is 2.76. The molecule has 1 unspecified atom stereocenters. The lowest BCUT2D eigenvalue weighted by molar-refractivity contribution is 0.151. The number of nitrogens with zero attached hydrogens (tertiary/aromatic N) is 2. The molecule has 0 aliphatic rings. The van der Waals surface area contributed by atoms with Gasteiger partial charge in [0.05, 0.1) is 0 Å². The van der Waals surface area contributed by atoms with Crippen LogP contribution in [0.2, 0.25) is 0 Å². The van der Waals surface area contributed by atoms with Crippen LogP contribution in [0.4, 0.5) is 0 Å². The van der Waals surface area contributed by atoms with Gasteiger partial charge < -0.3 is 14.4 Å². The summed E-state index contributed by atoms with van der Waals surface area (Å²) in [4.78, 5) is 3.97. The van der Waals surface area contributed by atoms with Gasteiger partial charge in [0.1, 0.15) is 11.9 Å². The molecule has 0 aliphatic heterocycles. The van der Waals surface area contributed by atoms with E-state index >= 15 is 0 Å². The summed E-state index contributed by atoms with van der Waals surface area (Å²) in [5, 5.41) is 12.9. The minimum absolute atomic E-state index is 0.201. The van der Waals surface area contributed by atoms with Crippen molar-refractivity contribution >= 4 is 0 Å². The van der Waals surface area contributed by atoms with Crippen molar-refractivity contribution in [3.63, 3.8) is 0 Å². The highest BCUT2D eigenvalue weighted by molar-refractivity contribution is 5.20. The van der Waals surface area contributed by atoms with E-state index in [2.05, 4.69) is 10.1 Å². The fraction of sp³-hybridized carbons (Fsp3) is 0.273. The van der Waals surface area contributed by atoms with Crippen LogP contribution in [0.1, 0.15) is 24.7 Å². The molecule has 5 heteroatoms. The van der Waals surface area contributed by atoms with Crippen LogP contribution in [-0.2, 0) is 6.61 Å².